The van der Waals surface area contributed by atoms with Gasteiger partial charge < -0.3 is 10.2 Å². The molecule has 0 aliphatic rings. The van der Waals surface area contributed by atoms with E-state index < -0.39 is 5.91 Å². The quantitative estimate of drug-likeness (QED) is 0.849. The van der Waals surface area contributed by atoms with Crippen molar-refractivity contribution in [2.24, 2.45) is 0 Å². The molecule has 0 atom stereocenters. The van der Waals surface area contributed by atoms with Crippen molar-refractivity contribution >= 4 is 40.7 Å². The molecule has 0 unspecified atom stereocenters. The zero-order chi connectivity index (χ0) is 14.4. The van der Waals surface area contributed by atoms with Crippen molar-refractivity contribution in [1.82, 2.24) is 4.90 Å². The normalized spacial score (nSPS) is 10.1. The van der Waals surface area contributed by atoms with Crippen LogP contribution in [0.1, 0.15) is 20.3 Å². The Hall–Kier alpha value is -1.26. The summed E-state index contributed by atoms with van der Waals surface area (Å²) >= 11 is 11.8. The molecule has 0 aliphatic heterocycles. The van der Waals surface area contributed by atoms with E-state index in [1.165, 1.54) is 0 Å². The Morgan fingerprint density at radius 2 is 1.84 bits per heavy atom. The summed E-state index contributed by atoms with van der Waals surface area (Å²) in [7, 11) is 0. The first kappa shape index (κ1) is 15.8. The van der Waals surface area contributed by atoms with Gasteiger partial charge in [0, 0.05) is 13.1 Å². The van der Waals surface area contributed by atoms with E-state index in [-0.39, 0.29) is 17.4 Å². The number of hydrogen-bond donors (Lipinski definition) is 1. The van der Waals surface area contributed by atoms with Gasteiger partial charge >= 0.3 is 0 Å². The van der Waals surface area contributed by atoms with E-state index in [0.29, 0.717) is 23.8 Å². The minimum atomic E-state index is -0.402. The van der Waals surface area contributed by atoms with Crippen LogP contribution in [0.2, 0.25) is 10.0 Å². The maximum atomic E-state index is 11.8. The standard InChI is InChI=1S/C13H16Cl2N2O2/c1-3-17(4-2)12(19)8-11(18)16-10-7-5-6-9(14)13(10)15/h5-7H,3-4,8H2,1-2H3,(H,16,18). The third-order valence-corrected chi connectivity index (χ3v) is 3.47. The van der Waals surface area contributed by atoms with Gasteiger partial charge in [-0.25, -0.2) is 0 Å². The number of carbonyl (C=O) groups excluding carboxylic acids is 2. The molecule has 1 rings (SSSR count). The first-order chi connectivity index (χ1) is 8.99. The molecular weight excluding hydrogens is 287 g/mol. The first-order valence-electron chi connectivity index (χ1n) is 6.01. The fraction of sp³-hybridized carbons (Fsp3) is 0.385. The Balaban J connectivity index is 2.65. The zero-order valence-electron chi connectivity index (χ0n) is 10.9. The summed E-state index contributed by atoms with van der Waals surface area (Å²) in [5.74, 6) is -0.610. The third kappa shape index (κ3) is 4.40. The molecule has 0 aliphatic carbocycles. The van der Waals surface area contributed by atoms with E-state index >= 15 is 0 Å². The maximum absolute atomic E-state index is 11.8. The van der Waals surface area contributed by atoms with E-state index in [1.54, 1.807) is 23.1 Å². The van der Waals surface area contributed by atoms with Crippen LogP contribution in [0.15, 0.2) is 18.2 Å². The van der Waals surface area contributed by atoms with Gasteiger partial charge in [0.2, 0.25) is 11.8 Å². The smallest absolute Gasteiger partial charge is 0.233 e. The van der Waals surface area contributed by atoms with Crippen LogP contribution in [-0.4, -0.2) is 29.8 Å². The van der Waals surface area contributed by atoms with E-state index in [9.17, 15) is 9.59 Å². The van der Waals surface area contributed by atoms with Gasteiger partial charge in [0.05, 0.1) is 15.7 Å². The Morgan fingerprint density at radius 1 is 1.21 bits per heavy atom. The summed E-state index contributed by atoms with van der Waals surface area (Å²) in [5.41, 5.74) is 0.409. The topological polar surface area (TPSA) is 49.4 Å². The second-order valence-electron chi connectivity index (χ2n) is 3.89. The Labute approximate surface area is 122 Å². The van der Waals surface area contributed by atoms with Crippen molar-refractivity contribution in [2.45, 2.75) is 20.3 Å². The van der Waals surface area contributed by atoms with Crippen LogP contribution in [-0.2, 0) is 9.59 Å². The summed E-state index contributed by atoms with van der Waals surface area (Å²) < 4.78 is 0. The van der Waals surface area contributed by atoms with E-state index in [2.05, 4.69) is 5.32 Å². The van der Waals surface area contributed by atoms with Gasteiger partial charge in [-0.05, 0) is 26.0 Å². The van der Waals surface area contributed by atoms with Crippen LogP contribution in [0.5, 0.6) is 0 Å². The summed E-state index contributed by atoms with van der Waals surface area (Å²) in [6.07, 6.45) is -0.204. The molecule has 0 fully saturated rings. The fourth-order valence-corrected chi connectivity index (χ4v) is 1.97. The predicted octanol–water partition coefficient (Wildman–Crippen LogP) is 3.19. The average Bonchev–Trinajstić information content (AvgIpc) is 2.36. The van der Waals surface area contributed by atoms with Gasteiger partial charge in [-0.2, -0.15) is 0 Å². The van der Waals surface area contributed by atoms with Crippen molar-refractivity contribution in [3.63, 3.8) is 0 Å². The number of halogens is 2. The van der Waals surface area contributed by atoms with Crippen LogP contribution in [0.3, 0.4) is 0 Å². The predicted molar refractivity (Wildman–Crippen MR) is 77.6 cm³/mol. The molecule has 1 aromatic carbocycles. The van der Waals surface area contributed by atoms with Gasteiger partial charge in [-0.3, -0.25) is 9.59 Å². The molecule has 1 N–H and O–H groups in total. The molecule has 1 aromatic rings. The number of carbonyl (C=O) groups is 2. The minimum Gasteiger partial charge on any atom is -0.343 e. The number of hydrogen-bond acceptors (Lipinski definition) is 2. The second kappa shape index (κ2) is 7.36. The van der Waals surface area contributed by atoms with Crippen molar-refractivity contribution in [2.75, 3.05) is 18.4 Å². The first-order valence-corrected chi connectivity index (χ1v) is 6.76. The van der Waals surface area contributed by atoms with Gasteiger partial charge in [0.1, 0.15) is 6.42 Å². The van der Waals surface area contributed by atoms with Crippen LogP contribution in [0.25, 0.3) is 0 Å². The van der Waals surface area contributed by atoms with Crippen LogP contribution >= 0.6 is 23.2 Å². The second-order valence-corrected chi connectivity index (χ2v) is 4.68. The lowest BCUT2D eigenvalue weighted by Gasteiger charge is -2.18. The molecule has 0 bridgehead atoms. The Morgan fingerprint density at radius 3 is 2.42 bits per heavy atom. The van der Waals surface area contributed by atoms with E-state index in [4.69, 9.17) is 23.2 Å². The highest BCUT2D eigenvalue weighted by molar-refractivity contribution is 6.44. The van der Waals surface area contributed by atoms with Gasteiger partial charge in [0.25, 0.3) is 0 Å². The number of nitrogens with zero attached hydrogens (tertiary/aromatic N) is 1. The van der Waals surface area contributed by atoms with Crippen molar-refractivity contribution in [1.29, 1.82) is 0 Å². The number of amides is 2. The molecule has 0 radical (unpaired) electrons. The monoisotopic (exact) mass is 302 g/mol. The minimum absolute atomic E-state index is 0.204. The molecular formula is C13H16Cl2N2O2. The van der Waals surface area contributed by atoms with Crippen LogP contribution in [0.4, 0.5) is 5.69 Å². The van der Waals surface area contributed by atoms with E-state index in [0.717, 1.165) is 0 Å². The van der Waals surface area contributed by atoms with E-state index in [1.807, 2.05) is 13.8 Å². The molecule has 4 nitrogen and oxygen atoms in total. The molecule has 0 saturated carbocycles. The molecule has 6 heteroatoms. The summed E-state index contributed by atoms with van der Waals surface area (Å²) in [4.78, 5) is 25.1. The zero-order valence-corrected chi connectivity index (χ0v) is 12.4. The molecule has 0 spiro atoms. The molecule has 0 heterocycles. The van der Waals surface area contributed by atoms with Crippen LogP contribution < -0.4 is 5.32 Å². The highest BCUT2D eigenvalue weighted by Crippen LogP contribution is 2.29. The lowest BCUT2D eigenvalue weighted by molar-refractivity contribution is -0.134. The molecule has 104 valence electrons. The average molecular weight is 303 g/mol. The number of benzene rings is 1. The van der Waals surface area contributed by atoms with Crippen molar-refractivity contribution < 1.29 is 9.59 Å². The SMILES string of the molecule is CCN(CC)C(=O)CC(=O)Nc1cccc(Cl)c1Cl. The number of rotatable bonds is 5. The molecule has 2 amide bonds. The Kier molecular flexibility index (Phi) is 6.12. The van der Waals surface area contributed by atoms with Crippen molar-refractivity contribution in [3.05, 3.63) is 28.2 Å². The number of anilines is 1. The molecule has 0 aromatic heterocycles. The van der Waals surface area contributed by atoms with Gasteiger partial charge in [-0.15, -0.1) is 0 Å². The summed E-state index contributed by atoms with van der Waals surface area (Å²) in [6, 6.07) is 4.94. The van der Waals surface area contributed by atoms with Crippen molar-refractivity contribution in [3.8, 4) is 0 Å². The fourth-order valence-electron chi connectivity index (χ4n) is 1.62. The van der Waals surface area contributed by atoms with Crippen LogP contribution in [0, 0.1) is 0 Å². The summed E-state index contributed by atoms with van der Waals surface area (Å²) in [5, 5.41) is 3.21. The lowest BCUT2D eigenvalue weighted by atomic mass is 10.3. The van der Waals surface area contributed by atoms with Gasteiger partial charge in [-0.1, -0.05) is 29.3 Å². The Bertz CT molecular complexity index is 474. The lowest BCUT2D eigenvalue weighted by Crippen LogP contribution is -2.33. The largest absolute Gasteiger partial charge is 0.343 e. The molecule has 19 heavy (non-hydrogen) atoms. The summed E-state index contributed by atoms with van der Waals surface area (Å²) in [6.45, 7) is 4.90. The highest BCUT2D eigenvalue weighted by atomic mass is 35.5. The third-order valence-electron chi connectivity index (χ3n) is 2.65. The maximum Gasteiger partial charge on any atom is 0.233 e. The molecule has 0 saturated heterocycles. The van der Waals surface area contributed by atoms with Gasteiger partial charge in [0.15, 0.2) is 0 Å². The number of nitrogens with one attached hydrogen (secondary N) is 1. The highest BCUT2D eigenvalue weighted by Gasteiger charge is 2.15.